The van der Waals surface area contributed by atoms with Crippen molar-refractivity contribution in [3.63, 3.8) is 0 Å². The van der Waals surface area contributed by atoms with Gasteiger partial charge < -0.3 is 30.1 Å². The Balaban J connectivity index is 0.00000302. The number of nitrogens with zero attached hydrogens (tertiary/aromatic N) is 1. The summed E-state index contributed by atoms with van der Waals surface area (Å²) in [5, 5.41) is 37.3. The number of rotatable bonds is 5. The molecule has 4 N–H and O–H groups in total. The zero-order chi connectivity index (χ0) is 28.2. The van der Waals surface area contributed by atoms with Gasteiger partial charge in [0.15, 0.2) is 17.6 Å². The predicted octanol–water partition coefficient (Wildman–Crippen LogP) is 4.68. The van der Waals surface area contributed by atoms with Gasteiger partial charge in [-0.3, -0.25) is 9.69 Å². The van der Waals surface area contributed by atoms with Gasteiger partial charge in [-0.05, 0) is 61.9 Å². The van der Waals surface area contributed by atoms with Crippen LogP contribution in [-0.2, 0) is 22.8 Å². The summed E-state index contributed by atoms with van der Waals surface area (Å²) in [4.78, 5) is 15.9. The molecule has 0 unspecified atom stereocenters. The van der Waals surface area contributed by atoms with Crippen LogP contribution in [0.25, 0.3) is 0 Å². The van der Waals surface area contributed by atoms with Gasteiger partial charge in [-0.15, -0.1) is 0 Å². The monoisotopic (exact) mass is 574 g/mol. The zero-order valence-corrected chi connectivity index (χ0v) is 21.7. The molecule has 1 saturated carbocycles. The average molecular weight is 575 g/mol. The van der Waals surface area contributed by atoms with Gasteiger partial charge in [0, 0.05) is 36.3 Å². The molecule has 2 aromatic carbocycles. The first-order valence-corrected chi connectivity index (χ1v) is 13.4. The lowest BCUT2D eigenvalue weighted by atomic mass is 9.49. The van der Waals surface area contributed by atoms with Gasteiger partial charge in [-0.1, -0.05) is 13.5 Å². The quantitative estimate of drug-likeness (QED) is 0.411. The first kappa shape index (κ1) is 27.7. The van der Waals surface area contributed by atoms with Crippen LogP contribution < -0.4 is 14.8 Å². The second-order valence-electron chi connectivity index (χ2n) is 11.7. The number of amides is 1. The Kier molecular flexibility index (Phi) is 6.10. The van der Waals surface area contributed by atoms with Crippen molar-refractivity contribution in [1.29, 1.82) is 0 Å². The number of hydrogen-bond acceptors (Lipinski definition) is 7. The SMILES string of the molecule is C.COc1cc(NC(=O)C2=C(O)[C@@H]3Oc4c(O)ccc5c4[C@@]34CCN(CC3CC3)[C@H](C5)[C@]4(O)C2)cc(C(F)(F)F)c1. The van der Waals surface area contributed by atoms with Gasteiger partial charge >= 0.3 is 6.18 Å². The molecule has 2 fully saturated rings. The molecule has 4 atom stereocenters. The number of nitrogens with one attached hydrogen (secondary N) is 1. The number of carbonyl (C=O) groups is 1. The standard InChI is InChI=1S/C29H29F3N2O6.CH4/c1-39-18-10-16(29(30,31)32)9-17(11-18)33-26(37)19-12-28(38)21-8-15-4-5-20(35)24-22(15)27(28,25(40-24)23(19)36)6-7-34(21)13-14-2-3-14;/h4-5,9-11,14,21,25,35-36,38H,2-3,6-8,12-13H2,1H3,(H,33,37);1H4/t21-,25+,27+,28-;/m1./s1. The van der Waals surface area contributed by atoms with Crippen molar-refractivity contribution in [2.24, 2.45) is 5.92 Å². The Morgan fingerprint density at radius 3 is 2.66 bits per heavy atom. The summed E-state index contributed by atoms with van der Waals surface area (Å²) in [6, 6.07) is 5.87. The third-order valence-corrected chi connectivity index (χ3v) is 9.52. The second-order valence-corrected chi connectivity index (χ2v) is 11.7. The molecule has 11 heteroatoms. The molecule has 1 saturated heterocycles. The summed E-state index contributed by atoms with van der Waals surface area (Å²) < 4.78 is 51.6. The van der Waals surface area contributed by atoms with Crippen LogP contribution in [0.1, 0.15) is 49.8 Å². The molecule has 7 rings (SSSR count). The molecule has 2 heterocycles. The number of carbonyl (C=O) groups excluding carboxylic acids is 1. The van der Waals surface area contributed by atoms with E-state index in [1.165, 1.54) is 13.2 Å². The number of alkyl halides is 3. The lowest BCUT2D eigenvalue weighted by molar-refractivity contribution is -0.172. The molecule has 8 nitrogen and oxygen atoms in total. The molecule has 2 bridgehead atoms. The number of hydrogen-bond donors (Lipinski definition) is 4. The van der Waals surface area contributed by atoms with Crippen molar-refractivity contribution in [3.05, 3.63) is 58.4 Å². The Hall–Kier alpha value is -3.44. The van der Waals surface area contributed by atoms with E-state index in [1.54, 1.807) is 6.07 Å². The van der Waals surface area contributed by atoms with E-state index in [0.717, 1.165) is 37.1 Å². The minimum atomic E-state index is -4.67. The highest BCUT2D eigenvalue weighted by Crippen LogP contribution is 2.66. The van der Waals surface area contributed by atoms with E-state index in [2.05, 4.69) is 10.2 Å². The summed E-state index contributed by atoms with van der Waals surface area (Å²) in [5.41, 5.74) is -2.32. The van der Waals surface area contributed by atoms with E-state index in [9.17, 15) is 33.3 Å². The highest BCUT2D eigenvalue weighted by atomic mass is 19.4. The zero-order valence-electron chi connectivity index (χ0n) is 21.7. The number of benzene rings is 2. The smallest absolute Gasteiger partial charge is 0.416 e. The van der Waals surface area contributed by atoms with Crippen LogP contribution >= 0.6 is 0 Å². The Labute approximate surface area is 235 Å². The average Bonchev–Trinajstić information content (AvgIpc) is 3.64. The number of halogens is 3. The minimum Gasteiger partial charge on any atom is -0.508 e. The highest BCUT2D eigenvalue weighted by Gasteiger charge is 2.73. The molecule has 2 aromatic rings. The number of aliphatic hydroxyl groups is 2. The predicted molar refractivity (Wildman–Crippen MR) is 143 cm³/mol. The largest absolute Gasteiger partial charge is 0.508 e. The van der Waals surface area contributed by atoms with E-state index >= 15 is 0 Å². The molecule has 1 amide bonds. The maximum atomic E-state index is 13.6. The highest BCUT2D eigenvalue weighted by molar-refractivity contribution is 6.05. The van der Waals surface area contributed by atoms with Crippen LogP contribution in [-0.4, -0.2) is 64.1 Å². The fourth-order valence-electron chi connectivity index (χ4n) is 7.53. The topological polar surface area (TPSA) is 111 Å². The first-order chi connectivity index (χ1) is 19.0. The molecule has 41 heavy (non-hydrogen) atoms. The van der Waals surface area contributed by atoms with E-state index < -0.39 is 34.8 Å². The third-order valence-electron chi connectivity index (χ3n) is 9.52. The van der Waals surface area contributed by atoms with Crippen LogP contribution in [0.2, 0.25) is 0 Å². The van der Waals surface area contributed by atoms with Crippen LogP contribution in [0.3, 0.4) is 0 Å². The summed E-state index contributed by atoms with van der Waals surface area (Å²) >= 11 is 0. The van der Waals surface area contributed by atoms with E-state index in [4.69, 9.17) is 9.47 Å². The van der Waals surface area contributed by atoms with Crippen LogP contribution in [0.5, 0.6) is 17.2 Å². The minimum absolute atomic E-state index is 0. The molecular formula is C30H33F3N2O6. The molecule has 3 aliphatic carbocycles. The van der Waals surface area contributed by atoms with E-state index in [1.807, 2.05) is 6.07 Å². The number of aromatic hydroxyl groups is 1. The van der Waals surface area contributed by atoms with Crippen molar-refractivity contribution >= 4 is 11.6 Å². The van der Waals surface area contributed by atoms with Crippen LogP contribution in [0, 0.1) is 5.92 Å². The van der Waals surface area contributed by atoms with Gasteiger partial charge in [-0.25, -0.2) is 0 Å². The van der Waals surface area contributed by atoms with Gasteiger partial charge in [0.25, 0.3) is 5.91 Å². The summed E-state index contributed by atoms with van der Waals surface area (Å²) in [6.07, 6.45) is -2.84. The molecule has 5 aliphatic rings. The van der Waals surface area contributed by atoms with Gasteiger partial charge in [-0.2, -0.15) is 13.2 Å². The van der Waals surface area contributed by atoms with Crippen molar-refractivity contribution in [1.82, 2.24) is 4.90 Å². The fraction of sp³-hybridized carbons (Fsp3) is 0.500. The molecular weight excluding hydrogens is 541 g/mol. The summed E-state index contributed by atoms with van der Waals surface area (Å²) in [7, 11) is 1.22. The molecule has 220 valence electrons. The number of aliphatic hydroxyl groups excluding tert-OH is 1. The fourth-order valence-corrected chi connectivity index (χ4v) is 7.53. The number of anilines is 1. The molecule has 0 radical (unpaired) electrons. The maximum absolute atomic E-state index is 13.6. The molecule has 2 aliphatic heterocycles. The summed E-state index contributed by atoms with van der Waals surface area (Å²) in [6.45, 7) is 1.48. The summed E-state index contributed by atoms with van der Waals surface area (Å²) in [5.74, 6) is -0.692. The number of methoxy groups -OCH3 is 1. The van der Waals surface area contributed by atoms with Crippen molar-refractivity contribution in [2.45, 2.75) is 68.9 Å². The lowest BCUT2D eigenvalue weighted by Gasteiger charge is -2.62. The molecule has 1 spiro atoms. The third kappa shape index (κ3) is 3.85. The second kappa shape index (κ2) is 9.03. The van der Waals surface area contributed by atoms with Gasteiger partial charge in [0.05, 0.1) is 29.3 Å². The van der Waals surface area contributed by atoms with E-state index in [-0.39, 0.29) is 54.2 Å². The Morgan fingerprint density at radius 2 is 1.98 bits per heavy atom. The Morgan fingerprint density at radius 1 is 1.22 bits per heavy atom. The van der Waals surface area contributed by atoms with E-state index in [0.29, 0.717) is 30.9 Å². The maximum Gasteiger partial charge on any atom is 0.416 e. The van der Waals surface area contributed by atoms with Crippen molar-refractivity contribution in [2.75, 3.05) is 25.5 Å². The van der Waals surface area contributed by atoms with Gasteiger partial charge in [0.1, 0.15) is 11.5 Å². The first-order valence-electron chi connectivity index (χ1n) is 13.4. The van der Waals surface area contributed by atoms with Crippen molar-refractivity contribution in [3.8, 4) is 17.2 Å². The normalized spacial score (nSPS) is 29.8. The number of likely N-dealkylation sites (tertiary alicyclic amines) is 1. The lowest BCUT2D eigenvalue weighted by Crippen LogP contribution is -2.75. The molecule has 0 aromatic heterocycles. The number of phenols is 1. The van der Waals surface area contributed by atoms with Crippen LogP contribution in [0.4, 0.5) is 18.9 Å². The number of piperidine rings is 1. The van der Waals surface area contributed by atoms with Crippen LogP contribution in [0.15, 0.2) is 41.7 Å². The Bertz CT molecular complexity index is 1470. The number of phenolic OH excluding ortho intramolecular Hbond substituents is 1. The van der Waals surface area contributed by atoms with Gasteiger partial charge in [0.2, 0.25) is 0 Å². The number of ether oxygens (including phenoxy) is 2. The van der Waals surface area contributed by atoms with Crippen molar-refractivity contribution < 1.29 is 42.8 Å².